The largest absolute Gasteiger partial charge is 0.478 e. The Hall–Kier alpha value is -1.07. The summed E-state index contributed by atoms with van der Waals surface area (Å²) >= 11 is 3.43. The van der Waals surface area contributed by atoms with Crippen LogP contribution in [0, 0.1) is 5.92 Å². The van der Waals surface area contributed by atoms with Gasteiger partial charge < -0.3 is 14.9 Å². The lowest BCUT2D eigenvalue weighted by Gasteiger charge is -2.35. The van der Waals surface area contributed by atoms with Crippen molar-refractivity contribution in [1.82, 2.24) is 4.90 Å². The van der Waals surface area contributed by atoms with Crippen molar-refractivity contribution in [2.75, 3.05) is 38.6 Å². The summed E-state index contributed by atoms with van der Waals surface area (Å²) in [5.74, 6) is -0.149. The zero-order valence-electron chi connectivity index (χ0n) is 12.0. The molecular weight excluding hydrogens is 320 g/mol. The fourth-order valence-electron chi connectivity index (χ4n) is 2.82. The number of benzene rings is 1. The Kier molecular flexibility index (Phi) is 5.05. The molecule has 20 heavy (non-hydrogen) atoms. The van der Waals surface area contributed by atoms with E-state index in [0.29, 0.717) is 11.5 Å². The topological polar surface area (TPSA) is 43.8 Å². The number of halogens is 1. The number of hydrogen-bond donors (Lipinski definition) is 1. The van der Waals surface area contributed by atoms with Crippen molar-refractivity contribution < 1.29 is 9.90 Å². The molecule has 110 valence electrons. The van der Waals surface area contributed by atoms with Gasteiger partial charge in [-0.05, 0) is 51.1 Å². The Morgan fingerprint density at radius 1 is 1.40 bits per heavy atom. The zero-order chi connectivity index (χ0) is 14.7. The lowest BCUT2D eigenvalue weighted by atomic mass is 9.95. The molecule has 0 bridgehead atoms. The minimum absolute atomic E-state index is 0.388. The number of hydrogen-bond acceptors (Lipinski definition) is 3. The molecule has 0 radical (unpaired) electrons. The molecule has 0 aromatic heterocycles. The SMILES string of the molecule is CN(C)CC1CCN(c2cc(Br)ccc2C(=O)O)CC1. The highest BCUT2D eigenvalue weighted by Gasteiger charge is 2.23. The van der Waals surface area contributed by atoms with E-state index in [1.54, 1.807) is 12.1 Å². The van der Waals surface area contributed by atoms with Crippen molar-refractivity contribution in [3.05, 3.63) is 28.2 Å². The first-order chi connectivity index (χ1) is 9.47. The molecule has 0 amide bonds. The van der Waals surface area contributed by atoms with Crippen LogP contribution in [-0.4, -0.2) is 49.7 Å². The maximum Gasteiger partial charge on any atom is 0.337 e. The number of piperidine rings is 1. The third-order valence-corrected chi connectivity index (χ3v) is 4.26. The molecule has 0 spiro atoms. The highest BCUT2D eigenvalue weighted by molar-refractivity contribution is 9.10. The molecule has 2 rings (SSSR count). The van der Waals surface area contributed by atoms with Gasteiger partial charge in [-0.15, -0.1) is 0 Å². The summed E-state index contributed by atoms with van der Waals surface area (Å²) in [7, 11) is 4.20. The standard InChI is InChI=1S/C15H21BrN2O2/c1-17(2)10-11-5-7-18(8-6-11)14-9-12(16)3-4-13(14)15(19)20/h3-4,9,11H,5-8,10H2,1-2H3,(H,19,20). The van der Waals surface area contributed by atoms with Crippen LogP contribution in [0.1, 0.15) is 23.2 Å². The van der Waals surface area contributed by atoms with Gasteiger partial charge >= 0.3 is 5.97 Å². The van der Waals surface area contributed by atoms with Crippen molar-refractivity contribution in [2.24, 2.45) is 5.92 Å². The van der Waals surface area contributed by atoms with Crippen LogP contribution in [0.15, 0.2) is 22.7 Å². The molecule has 0 saturated carbocycles. The number of aromatic carboxylic acids is 1. The van der Waals surface area contributed by atoms with Gasteiger partial charge in [0, 0.05) is 24.1 Å². The number of rotatable bonds is 4. The Morgan fingerprint density at radius 2 is 2.05 bits per heavy atom. The summed E-state index contributed by atoms with van der Waals surface area (Å²) in [5.41, 5.74) is 1.22. The summed E-state index contributed by atoms with van der Waals surface area (Å²) in [6.07, 6.45) is 2.23. The molecule has 1 aromatic rings. The molecule has 1 N–H and O–H groups in total. The van der Waals surface area contributed by atoms with E-state index in [9.17, 15) is 9.90 Å². The number of nitrogens with zero attached hydrogens (tertiary/aromatic N) is 2. The average molecular weight is 341 g/mol. The van der Waals surface area contributed by atoms with Gasteiger partial charge in [-0.3, -0.25) is 0 Å². The second kappa shape index (κ2) is 6.59. The Labute approximate surface area is 128 Å². The van der Waals surface area contributed by atoms with Crippen LogP contribution >= 0.6 is 15.9 Å². The van der Waals surface area contributed by atoms with Gasteiger partial charge in [0.05, 0.1) is 11.3 Å². The van der Waals surface area contributed by atoms with Crippen LogP contribution in [0.5, 0.6) is 0 Å². The monoisotopic (exact) mass is 340 g/mol. The summed E-state index contributed by atoms with van der Waals surface area (Å²) in [6, 6.07) is 5.37. The highest BCUT2D eigenvalue weighted by Crippen LogP contribution is 2.29. The maximum atomic E-state index is 11.3. The second-order valence-corrected chi connectivity index (χ2v) is 6.57. The normalized spacial score (nSPS) is 16.7. The van der Waals surface area contributed by atoms with Crippen molar-refractivity contribution in [3.63, 3.8) is 0 Å². The van der Waals surface area contributed by atoms with Crippen molar-refractivity contribution in [1.29, 1.82) is 0 Å². The smallest absolute Gasteiger partial charge is 0.337 e. The molecule has 5 heteroatoms. The first-order valence-electron chi connectivity index (χ1n) is 6.90. The summed E-state index contributed by atoms with van der Waals surface area (Å²) in [6.45, 7) is 2.96. The first kappa shape index (κ1) is 15.3. The molecule has 0 atom stereocenters. The predicted molar refractivity (Wildman–Crippen MR) is 84.6 cm³/mol. The predicted octanol–water partition coefficient (Wildman–Crippen LogP) is 2.93. The van der Waals surface area contributed by atoms with Gasteiger partial charge in [0.2, 0.25) is 0 Å². The van der Waals surface area contributed by atoms with E-state index in [2.05, 4.69) is 39.8 Å². The molecular formula is C15H21BrN2O2. The third kappa shape index (κ3) is 3.73. The second-order valence-electron chi connectivity index (χ2n) is 5.66. The van der Waals surface area contributed by atoms with Gasteiger partial charge in [0.1, 0.15) is 0 Å². The molecule has 0 aliphatic carbocycles. The maximum absolute atomic E-state index is 11.3. The Bertz CT molecular complexity index is 483. The van der Waals surface area contributed by atoms with E-state index in [1.807, 2.05) is 6.07 Å². The van der Waals surface area contributed by atoms with Crippen LogP contribution in [-0.2, 0) is 0 Å². The van der Waals surface area contributed by atoms with E-state index in [-0.39, 0.29) is 0 Å². The van der Waals surface area contributed by atoms with Crippen molar-refractivity contribution >= 4 is 27.6 Å². The summed E-state index contributed by atoms with van der Waals surface area (Å²) in [4.78, 5) is 15.8. The first-order valence-corrected chi connectivity index (χ1v) is 7.69. The molecule has 4 nitrogen and oxygen atoms in total. The van der Waals surface area contributed by atoms with Gasteiger partial charge in [0.25, 0.3) is 0 Å². The zero-order valence-corrected chi connectivity index (χ0v) is 13.6. The number of carboxylic acid groups (broad SMARTS) is 1. The minimum Gasteiger partial charge on any atom is -0.478 e. The van der Waals surface area contributed by atoms with Crippen LogP contribution in [0.4, 0.5) is 5.69 Å². The molecule has 1 saturated heterocycles. The van der Waals surface area contributed by atoms with Crippen LogP contribution in [0.25, 0.3) is 0 Å². The molecule has 1 heterocycles. The Balaban J connectivity index is 2.10. The van der Waals surface area contributed by atoms with Crippen LogP contribution in [0.2, 0.25) is 0 Å². The molecule has 1 aliphatic heterocycles. The van der Waals surface area contributed by atoms with Crippen molar-refractivity contribution in [2.45, 2.75) is 12.8 Å². The quantitative estimate of drug-likeness (QED) is 0.915. The third-order valence-electron chi connectivity index (χ3n) is 3.77. The molecule has 0 unspecified atom stereocenters. The van der Waals surface area contributed by atoms with E-state index >= 15 is 0 Å². The van der Waals surface area contributed by atoms with Crippen LogP contribution in [0.3, 0.4) is 0 Å². The van der Waals surface area contributed by atoms with E-state index in [4.69, 9.17) is 0 Å². The lowest BCUT2D eigenvalue weighted by Crippen LogP contribution is -2.37. The Morgan fingerprint density at radius 3 is 2.60 bits per heavy atom. The highest BCUT2D eigenvalue weighted by atomic mass is 79.9. The molecule has 1 fully saturated rings. The van der Waals surface area contributed by atoms with Gasteiger partial charge in [-0.25, -0.2) is 4.79 Å². The van der Waals surface area contributed by atoms with Crippen molar-refractivity contribution in [3.8, 4) is 0 Å². The fourth-order valence-corrected chi connectivity index (χ4v) is 3.17. The molecule has 1 aliphatic rings. The number of carboxylic acids is 1. The lowest BCUT2D eigenvalue weighted by molar-refractivity contribution is 0.0697. The minimum atomic E-state index is -0.858. The van der Waals surface area contributed by atoms with E-state index in [1.165, 1.54) is 0 Å². The van der Waals surface area contributed by atoms with Crippen LogP contribution < -0.4 is 4.90 Å². The fraction of sp³-hybridized carbons (Fsp3) is 0.533. The number of carbonyl (C=O) groups is 1. The summed E-state index contributed by atoms with van der Waals surface area (Å²) in [5, 5.41) is 9.31. The van der Waals surface area contributed by atoms with E-state index in [0.717, 1.165) is 42.6 Å². The summed E-state index contributed by atoms with van der Waals surface area (Å²) < 4.78 is 0.924. The van der Waals surface area contributed by atoms with E-state index < -0.39 is 5.97 Å². The van der Waals surface area contributed by atoms with Gasteiger partial charge in [-0.2, -0.15) is 0 Å². The van der Waals surface area contributed by atoms with Gasteiger partial charge in [0.15, 0.2) is 0 Å². The average Bonchev–Trinajstić information content (AvgIpc) is 2.38. The number of anilines is 1. The molecule has 1 aromatic carbocycles. The van der Waals surface area contributed by atoms with Gasteiger partial charge in [-0.1, -0.05) is 15.9 Å².